The Bertz CT molecular complexity index is 705. The van der Waals surface area contributed by atoms with Gasteiger partial charge in [0, 0.05) is 0 Å². The van der Waals surface area contributed by atoms with Gasteiger partial charge in [-0.25, -0.2) is 4.98 Å². The number of amides is 1. The van der Waals surface area contributed by atoms with Crippen LogP contribution in [0, 0.1) is 0 Å². The molecule has 2 aromatic heterocycles. The van der Waals surface area contributed by atoms with Gasteiger partial charge in [-0.1, -0.05) is 0 Å². The van der Waals surface area contributed by atoms with Crippen molar-refractivity contribution in [1.82, 2.24) is 24.8 Å². The van der Waals surface area contributed by atoms with Crippen molar-refractivity contribution in [3.05, 3.63) is 16.7 Å². The molecular weight excluding hydrogens is 252 g/mol. The van der Waals surface area contributed by atoms with Gasteiger partial charge >= 0.3 is 0 Å². The van der Waals surface area contributed by atoms with Crippen molar-refractivity contribution < 1.29 is 9.90 Å². The zero-order valence-corrected chi connectivity index (χ0v) is 9.83. The standard InChI is InChI=1S/C10H12N6O3/c11-10-14-7-6(9(19)15-10)12-3-16(7)5-1-4(2-17)13-8(5)18/h3-5,17H,1-2H2,(H,13,18)(H3,11,14,15,19). The Kier molecular flexibility index (Phi) is 2.49. The Morgan fingerprint density at radius 3 is 3.00 bits per heavy atom. The van der Waals surface area contributed by atoms with Gasteiger partial charge in [0.1, 0.15) is 6.04 Å². The number of aromatic amines is 1. The molecule has 9 heteroatoms. The fourth-order valence-corrected chi connectivity index (χ4v) is 2.26. The van der Waals surface area contributed by atoms with Crippen LogP contribution in [0.15, 0.2) is 11.1 Å². The third-order valence-electron chi connectivity index (χ3n) is 3.16. The molecule has 2 aromatic rings. The molecule has 1 fully saturated rings. The van der Waals surface area contributed by atoms with Crippen LogP contribution < -0.4 is 16.6 Å². The monoisotopic (exact) mass is 264 g/mol. The third-order valence-corrected chi connectivity index (χ3v) is 3.16. The minimum atomic E-state index is -0.546. The number of aromatic nitrogens is 4. The number of rotatable bonds is 2. The van der Waals surface area contributed by atoms with Gasteiger partial charge < -0.3 is 20.7 Å². The summed E-state index contributed by atoms with van der Waals surface area (Å²) in [6.45, 7) is -0.134. The number of nitrogen functional groups attached to an aromatic ring is 1. The molecule has 5 N–H and O–H groups in total. The van der Waals surface area contributed by atoms with Gasteiger partial charge in [0.05, 0.1) is 19.0 Å². The number of aliphatic hydroxyl groups is 1. The van der Waals surface area contributed by atoms with Crippen molar-refractivity contribution in [2.24, 2.45) is 0 Å². The van der Waals surface area contributed by atoms with E-state index in [4.69, 9.17) is 10.8 Å². The second-order valence-electron chi connectivity index (χ2n) is 4.41. The first kappa shape index (κ1) is 11.7. The van der Waals surface area contributed by atoms with E-state index in [9.17, 15) is 9.59 Å². The van der Waals surface area contributed by atoms with Gasteiger partial charge in [0.2, 0.25) is 11.9 Å². The van der Waals surface area contributed by atoms with Crippen LogP contribution in [0.3, 0.4) is 0 Å². The van der Waals surface area contributed by atoms with Crippen molar-refractivity contribution in [2.75, 3.05) is 12.3 Å². The van der Waals surface area contributed by atoms with Crippen LogP contribution in [0.25, 0.3) is 11.2 Å². The maximum atomic E-state index is 11.8. The molecule has 1 saturated heterocycles. The van der Waals surface area contributed by atoms with Crippen LogP contribution in [-0.4, -0.2) is 43.2 Å². The number of hydrogen-bond donors (Lipinski definition) is 4. The molecule has 0 aliphatic carbocycles. The molecule has 3 heterocycles. The Morgan fingerprint density at radius 2 is 2.32 bits per heavy atom. The molecule has 0 bridgehead atoms. The quantitative estimate of drug-likeness (QED) is 0.501. The molecular formula is C10H12N6O3. The van der Waals surface area contributed by atoms with Crippen LogP contribution >= 0.6 is 0 Å². The van der Waals surface area contributed by atoms with Crippen LogP contribution in [0.4, 0.5) is 5.95 Å². The Balaban J connectivity index is 2.11. The van der Waals surface area contributed by atoms with Gasteiger partial charge in [-0.05, 0) is 6.42 Å². The number of anilines is 1. The molecule has 9 nitrogen and oxygen atoms in total. The number of nitrogens with zero attached hydrogens (tertiary/aromatic N) is 3. The lowest BCUT2D eigenvalue weighted by Gasteiger charge is -2.09. The summed E-state index contributed by atoms with van der Waals surface area (Å²) in [4.78, 5) is 33.8. The lowest BCUT2D eigenvalue weighted by atomic mass is 10.2. The van der Waals surface area contributed by atoms with E-state index in [2.05, 4.69) is 20.3 Å². The largest absolute Gasteiger partial charge is 0.394 e. The van der Waals surface area contributed by atoms with Gasteiger partial charge in [-0.2, -0.15) is 4.98 Å². The Labute approximate surface area is 106 Å². The number of H-pyrrole nitrogens is 1. The minimum Gasteiger partial charge on any atom is -0.394 e. The van der Waals surface area contributed by atoms with E-state index in [1.807, 2.05) is 0 Å². The molecule has 100 valence electrons. The van der Waals surface area contributed by atoms with E-state index in [1.165, 1.54) is 10.9 Å². The predicted molar refractivity (Wildman–Crippen MR) is 65.2 cm³/mol. The van der Waals surface area contributed by atoms with E-state index in [1.54, 1.807) is 0 Å². The number of carbonyl (C=O) groups excluding carboxylic acids is 1. The fourth-order valence-electron chi connectivity index (χ4n) is 2.26. The van der Waals surface area contributed by atoms with Crippen LogP contribution in [0.1, 0.15) is 12.5 Å². The average Bonchev–Trinajstić information content (AvgIpc) is 2.92. The first-order valence-corrected chi connectivity index (χ1v) is 5.73. The molecule has 0 spiro atoms. The molecule has 0 radical (unpaired) electrons. The van der Waals surface area contributed by atoms with Crippen LogP contribution in [-0.2, 0) is 4.79 Å². The van der Waals surface area contributed by atoms with Crippen LogP contribution in [0.5, 0.6) is 0 Å². The summed E-state index contributed by atoms with van der Waals surface area (Å²) in [6.07, 6.45) is 1.80. The molecule has 19 heavy (non-hydrogen) atoms. The summed E-state index contributed by atoms with van der Waals surface area (Å²) in [5.74, 6) is -0.268. The van der Waals surface area contributed by atoms with Gasteiger partial charge in [0.25, 0.3) is 5.56 Å². The maximum absolute atomic E-state index is 11.8. The first-order valence-electron chi connectivity index (χ1n) is 5.73. The molecule has 0 aromatic carbocycles. The zero-order valence-electron chi connectivity index (χ0n) is 9.83. The summed E-state index contributed by atoms with van der Waals surface area (Å²) < 4.78 is 1.51. The van der Waals surface area contributed by atoms with E-state index < -0.39 is 11.6 Å². The summed E-state index contributed by atoms with van der Waals surface area (Å²) in [5, 5.41) is 11.7. The summed E-state index contributed by atoms with van der Waals surface area (Å²) in [7, 11) is 0. The molecule has 0 saturated carbocycles. The highest BCUT2D eigenvalue weighted by Gasteiger charge is 2.34. The predicted octanol–water partition coefficient (Wildman–Crippen LogP) is -1.88. The van der Waals surface area contributed by atoms with Crippen molar-refractivity contribution >= 4 is 23.0 Å². The summed E-state index contributed by atoms with van der Waals surface area (Å²) in [5.41, 5.74) is 5.44. The molecule has 2 unspecified atom stereocenters. The number of nitrogens with two attached hydrogens (primary N) is 1. The number of hydrogen-bond acceptors (Lipinski definition) is 6. The summed E-state index contributed by atoms with van der Waals surface area (Å²) in [6, 6.07) is -0.842. The molecule has 1 aliphatic heterocycles. The van der Waals surface area contributed by atoms with Crippen molar-refractivity contribution in [3.63, 3.8) is 0 Å². The smallest absolute Gasteiger partial charge is 0.280 e. The summed E-state index contributed by atoms with van der Waals surface area (Å²) >= 11 is 0. The Hall–Kier alpha value is -2.42. The van der Waals surface area contributed by atoms with E-state index in [0.717, 1.165) is 0 Å². The molecule has 1 aliphatic rings. The number of nitrogens with one attached hydrogen (secondary N) is 2. The highest BCUT2D eigenvalue weighted by molar-refractivity contribution is 5.85. The highest BCUT2D eigenvalue weighted by atomic mass is 16.3. The first-order chi connectivity index (χ1) is 9.10. The van der Waals surface area contributed by atoms with E-state index >= 15 is 0 Å². The van der Waals surface area contributed by atoms with Gasteiger partial charge in [0.15, 0.2) is 11.2 Å². The lowest BCUT2D eigenvalue weighted by Crippen LogP contribution is -2.29. The van der Waals surface area contributed by atoms with Crippen LogP contribution in [0.2, 0.25) is 0 Å². The third kappa shape index (κ3) is 1.74. The van der Waals surface area contributed by atoms with E-state index in [0.29, 0.717) is 6.42 Å². The topological polar surface area (TPSA) is 139 Å². The average molecular weight is 264 g/mol. The normalized spacial score (nSPS) is 22.9. The Morgan fingerprint density at radius 1 is 1.53 bits per heavy atom. The van der Waals surface area contributed by atoms with E-state index in [-0.39, 0.29) is 35.7 Å². The maximum Gasteiger partial charge on any atom is 0.280 e. The second-order valence-corrected chi connectivity index (χ2v) is 4.41. The molecule has 3 rings (SSSR count). The van der Waals surface area contributed by atoms with Gasteiger partial charge in [-0.3, -0.25) is 14.6 Å². The minimum absolute atomic E-state index is 0.0311. The lowest BCUT2D eigenvalue weighted by molar-refractivity contribution is -0.122. The fraction of sp³-hybridized carbons (Fsp3) is 0.400. The van der Waals surface area contributed by atoms with Crippen molar-refractivity contribution in [2.45, 2.75) is 18.5 Å². The molecule has 1 amide bonds. The number of carbonyl (C=O) groups is 1. The molecule has 2 atom stereocenters. The SMILES string of the molecule is Nc1nc2c(ncn2C2CC(CO)NC2=O)c(=O)[nH]1. The number of aliphatic hydroxyl groups excluding tert-OH is 1. The highest BCUT2D eigenvalue weighted by Crippen LogP contribution is 2.23. The zero-order chi connectivity index (χ0) is 13.6. The number of imidazole rings is 1. The van der Waals surface area contributed by atoms with Crippen molar-refractivity contribution in [3.8, 4) is 0 Å². The number of fused-ring (bicyclic) bond motifs is 1. The van der Waals surface area contributed by atoms with Gasteiger partial charge in [-0.15, -0.1) is 0 Å². The van der Waals surface area contributed by atoms with Crippen molar-refractivity contribution in [1.29, 1.82) is 0 Å². The second kappa shape index (κ2) is 4.05.